The Morgan fingerprint density at radius 3 is 2.53 bits per heavy atom. The van der Waals surface area contributed by atoms with Gasteiger partial charge < -0.3 is 15.7 Å². The topological polar surface area (TPSA) is 66.6 Å². The van der Waals surface area contributed by atoms with Crippen molar-refractivity contribution in [2.75, 3.05) is 13.2 Å². The first kappa shape index (κ1) is 10.9. The van der Waals surface area contributed by atoms with Crippen LogP contribution in [0.5, 0.6) is 0 Å². The molecule has 2 aliphatic rings. The molecule has 86 valence electrons. The summed E-state index contributed by atoms with van der Waals surface area (Å²) in [5.74, 6) is 0.112. The lowest BCUT2D eigenvalue weighted by Crippen LogP contribution is -2.52. The van der Waals surface area contributed by atoms with Gasteiger partial charge >= 0.3 is 0 Å². The second kappa shape index (κ2) is 4.10. The van der Waals surface area contributed by atoms with Crippen LogP contribution in [0.3, 0.4) is 0 Å². The summed E-state index contributed by atoms with van der Waals surface area (Å²) < 4.78 is 0. The van der Waals surface area contributed by atoms with E-state index in [1.807, 2.05) is 4.90 Å². The maximum absolute atomic E-state index is 12.1. The highest BCUT2D eigenvalue weighted by Crippen LogP contribution is 2.37. The summed E-state index contributed by atoms with van der Waals surface area (Å²) in [6, 6.07) is 0.394. The van der Waals surface area contributed by atoms with E-state index in [1.165, 1.54) is 6.42 Å². The van der Waals surface area contributed by atoms with Crippen LogP contribution in [0.1, 0.15) is 38.5 Å². The summed E-state index contributed by atoms with van der Waals surface area (Å²) in [5, 5.41) is 8.82. The van der Waals surface area contributed by atoms with E-state index in [0.717, 1.165) is 25.7 Å². The van der Waals surface area contributed by atoms with Crippen molar-refractivity contribution in [1.82, 2.24) is 4.90 Å². The summed E-state index contributed by atoms with van der Waals surface area (Å²) in [7, 11) is 0. The number of amides is 1. The quantitative estimate of drug-likeness (QED) is 0.686. The molecule has 0 atom stereocenters. The number of rotatable bonds is 5. The van der Waals surface area contributed by atoms with Gasteiger partial charge in [0.25, 0.3) is 0 Å². The molecule has 15 heavy (non-hydrogen) atoms. The van der Waals surface area contributed by atoms with Gasteiger partial charge in [0.2, 0.25) is 5.91 Å². The van der Waals surface area contributed by atoms with E-state index >= 15 is 0 Å². The predicted molar refractivity (Wildman–Crippen MR) is 57.2 cm³/mol. The molecule has 0 heterocycles. The van der Waals surface area contributed by atoms with Crippen molar-refractivity contribution in [3.63, 3.8) is 0 Å². The highest BCUT2D eigenvalue weighted by atomic mass is 16.3. The van der Waals surface area contributed by atoms with Gasteiger partial charge in [-0.3, -0.25) is 4.79 Å². The third kappa shape index (κ3) is 2.16. The molecule has 0 aromatic carbocycles. The minimum absolute atomic E-state index is 0.112. The Labute approximate surface area is 90.4 Å². The van der Waals surface area contributed by atoms with Crippen molar-refractivity contribution in [2.24, 2.45) is 5.73 Å². The summed E-state index contributed by atoms with van der Waals surface area (Å²) in [6.07, 6.45) is 5.74. The molecule has 3 N–H and O–H groups in total. The van der Waals surface area contributed by atoms with Crippen molar-refractivity contribution < 1.29 is 9.90 Å². The van der Waals surface area contributed by atoms with Gasteiger partial charge in [-0.25, -0.2) is 0 Å². The van der Waals surface area contributed by atoms with Crippen LogP contribution in [0, 0.1) is 0 Å². The van der Waals surface area contributed by atoms with Gasteiger partial charge in [0.1, 0.15) is 0 Å². The monoisotopic (exact) mass is 212 g/mol. The molecular weight excluding hydrogens is 192 g/mol. The first-order valence-corrected chi connectivity index (χ1v) is 5.88. The van der Waals surface area contributed by atoms with Gasteiger partial charge in [-0.1, -0.05) is 0 Å². The number of nitrogens with zero attached hydrogens (tertiary/aromatic N) is 1. The third-order valence-electron chi connectivity index (χ3n) is 3.55. The van der Waals surface area contributed by atoms with Crippen molar-refractivity contribution in [3.8, 4) is 0 Å². The number of aliphatic hydroxyl groups is 1. The van der Waals surface area contributed by atoms with Crippen molar-refractivity contribution in [3.05, 3.63) is 0 Å². The summed E-state index contributed by atoms with van der Waals surface area (Å²) in [6.45, 7) is 0.813. The van der Waals surface area contributed by atoms with E-state index in [2.05, 4.69) is 0 Å². The first-order chi connectivity index (χ1) is 7.17. The molecule has 0 aromatic rings. The maximum Gasteiger partial charge on any atom is 0.242 e. The SMILES string of the molecule is NC1(C(=O)N(CCCO)C2CCC2)CC1. The van der Waals surface area contributed by atoms with E-state index in [0.29, 0.717) is 19.0 Å². The van der Waals surface area contributed by atoms with Gasteiger partial charge in [0.15, 0.2) is 0 Å². The van der Waals surface area contributed by atoms with E-state index in [1.54, 1.807) is 0 Å². The van der Waals surface area contributed by atoms with Crippen molar-refractivity contribution in [2.45, 2.75) is 50.1 Å². The fourth-order valence-corrected chi connectivity index (χ4v) is 2.02. The normalized spacial score (nSPS) is 23.3. The van der Waals surface area contributed by atoms with Crippen LogP contribution in [0.25, 0.3) is 0 Å². The largest absolute Gasteiger partial charge is 0.396 e. The molecule has 4 nitrogen and oxygen atoms in total. The number of hydrogen-bond acceptors (Lipinski definition) is 3. The lowest BCUT2D eigenvalue weighted by atomic mass is 9.90. The molecule has 2 fully saturated rings. The standard InChI is InChI=1S/C11H20N2O2/c12-11(5-6-11)10(15)13(7-2-8-14)9-3-1-4-9/h9,14H,1-8,12H2. The van der Waals surface area contributed by atoms with Crippen LogP contribution in [-0.4, -0.2) is 40.6 Å². The Balaban J connectivity index is 1.94. The fraction of sp³-hybridized carbons (Fsp3) is 0.909. The number of aliphatic hydroxyl groups excluding tert-OH is 1. The highest BCUT2D eigenvalue weighted by Gasteiger charge is 2.49. The molecule has 0 aromatic heterocycles. The predicted octanol–water partition coefficient (Wildman–Crippen LogP) is 0.241. The molecule has 4 heteroatoms. The molecule has 2 rings (SSSR count). The molecular formula is C11H20N2O2. The highest BCUT2D eigenvalue weighted by molar-refractivity contribution is 5.89. The number of nitrogens with two attached hydrogens (primary N) is 1. The average molecular weight is 212 g/mol. The average Bonchev–Trinajstić information content (AvgIpc) is 2.88. The minimum atomic E-state index is -0.551. The summed E-state index contributed by atoms with van der Waals surface area (Å²) in [4.78, 5) is 14.0. The molecule has 0 bridgehead atoms. The zero-order valence-corrected chi connectivity index (χ0v) is 9.11. The van der Waals surface area contributed by atoms with Crippen LogP contribution >= 0.6 is 0 Å². The lowest BCUT2D eigenvalue weighted by Gasteiger charge is -2.39. The van der Waals surface area contributed by atoms with E-state index in [-0.39, 0.29) is 12.5 Å². The van der Waals surface area contributed by atoms with E-state index in [4.69, 9.17) is 10.8 Å². The lowest BCUT2D eigenvalue weighted by molar-refractivity contribution is -0.137. The van der Waals surface area contributed by atoms with Crippen LogP contribution < -0.4 is 5.73 Å². The Morgan fingerprint density at radius 2 is 2.13 bits per heavy atom. The number of carbonyl (C=O) groups is 1. The molecule has 0 unspecified atom stereocenters. The van der Waals surface area contributed by atoms with Gasteiger partial charge in [0, 0.05) is 19.2 Å². The molecule has 0 spiro atoms. The van der Waals surface area contributed by atoms with Crippen molar-refractivity contribution >= 4 is 5.91 Å². The van der Waals surface area contributed by atoms with Gasteiger partial charge in [-0.2, -0.15) is 0 Å². The van der Waals surface area contributed by atoms with Gasteiger partial charge in [0.05, 0.1) is 5.54 Å². The number of hydrogen-bond donors (Lipinski definition) is 2. The minimum Gasteiger partial charge on any atom is -0.396 e. The second-order valence-corrected chi connectivity index (χ2v) is 4.82. The second-order valence-electron chi connectivity index (χ2n) is 4.82. The van der Waals surface area contributed by atoms with Crippen LogP contribution in [0.2, 0.25) is 0 Å². The zero-order valence-electron chi connectivity index (χ0n) is 9.11. The Kier molecular flexibility index (Phi) is 2.98. The van der Waals surface area contributed by atoms with E-state index < -0.39 is 5.54 Å². The molecule has 2 saturated carbocycles. The molecule has 0 aliphatic heterocycles. The summed E-state index contributed by atoms with van der Waals surface area (Å²) >= 11 is 0. The van der Waals surface area contributed by atoms with Gasteiger partial charge in [-0.15, -0.1) is 0 Å². The Hall–Kier alpha value is -0.610. The van der Waals surface area contributed by atoms with Crippen LogP contribution in [-0.2, 0) is 4.79 Å². The number of carbonyl (C=O) groups excluding carboxylic acids is 1. The molecule has 0 radical (unpaired) electrons. The first-order valence-electron chi connectivity index (χ1n) is 5.88. The summed E-state index contributed by atoms with van der Waals surface area (Å²) in [5.41, 5.74) is 5.38. The van der Waals surface area contributed by atoms with Gasteiger partial charge in [-0.05, 0) is 38.5 Å². The van der Waals surface area contributed by atoms with Crippen LogP contribution in [0.4, 0.5) is 0 Å². The third-order valence-corrected chi connectivity index (χ3v) is 3.55. The van der Waals surface area contributed by atoms with E-state index in [9.17, 15) is 4.79 Å². The molecule has 0 saturated heterocycles. The zero-order chi connectivity index (χ0) is 10.9. The molecule has 1 amide bonds. The van der Waals surface area contributed by atoms with Crippen molar-refractivity contribution in [1.29, 1.82) is 0 Å². The molecule has 2 aliphatic carbocycles. The fourth-order valence-electron chi connectivity index (χ4n) is 2.02. The Morgan fingerprint density at radius 1 is 1.47 bits per heavy atom. The maximum atomic E-state index is 12.1. The Bertz CT molecular complexity index is 247. The van der Waals surface area contributed by atoms with Crippen LogP contribution in [0.15, 0.2) is 0 Å². The smallest absolute Gasteiger partial charge is 0.242 e.